The zero-order chi connectivity index (χ0) is 15.2. The van der Waals surface area contributed by atoms with E-state index in [1.807, 2.05) is 24.4 Å². The molecule has 0 aromatic carbocycles. The Bertz CT molecular complexity index is 603. The van der Waals surface area contributed by atoms with Gasteiger partial charge in [0.15, 0.2) is 5.76 Å². The van der Waals surface area contributed by atoms with Crippen LogP contribution in [-0.2, 0) is 16.0 Å². The number of furan rings is 1. The smallest absolute Gasteiger partial charge is 0.307 e. The zero-order valence-corrected chi connectivity index (χ0v) is 12.7. The van der Waals surface area contributed by atoms with Gasteiger partial charge in [0.25, 0.3) is 5.91 Å². The molecular weight excluding hydrogens is 290 g/mol. The van der Waals surface area contributed by atoms with Crippen LogP contribution >= 0.6 is 11.3 Å². The molecule has 0 aliphatic carbocycles. The van der Waals surface area contributed by atoms with Gasteiger partial charge in [0, 0.05) is 11.3 Å². The maximum absolute atomic E-state index is 12.2. The second-order valence-corrected chi connectivity index (χ2v) is 5.42. The molecule has 2 aromatic rings. The average Bonchev–Trinajstić information content (AvgIpc) is 3.17. The summed E-state index contributed by atoms with van der Waals surface area (Å²) >= 11 is 1.48. The fourth-order valence-corrected chi connectivity index (χ4v) is 2.66. The van der Waals surface area contributed by atoms with Gasteiger partial charge in [-0.25, -0.2) is 0 Å². The number of hydrogen-bond acceptors (Lipinski definition) is 5. The van der Waals surface area contributed by atoms with E-state index >= 15 is 0 Å². The van der Waals surface area contributed by atoms with Crippen molar-refractivity contribution in [2.45, 2.75) is 25.8 Å². The van der Waals surface area contributed by atoms with E-state index in [0.29, 0.717) is 0 Å². The molecule has 0 saturated heterocycles. The van der Waals surface area contributed by atoms with E-state index in [0.717, 1.165) is 17.1 Å². The molecule has 2 heterocycles. The van der Waals surface area contributed by atoms with Gasteiger partial charge < -0.3 is 14.5 Å². The number of ether oxygens (including phenoxy) is 1. The van der Waals surface area contributed by atoms with Crippen molar-refractivity contribution in [1.82, 2.24) is 5.32 Å². The first kappa shape index (κ1) is 15.3. The molecule has 2 rings (SSSR count). The molecule has 0 bridgehead atoms. The van der Waals surface area contributed by atoms with Crippen molar-refractivity contribution in [2.75, 3.05) is 7.11 Å². The van der Waals surface area contributed by atoms with Crippen molar-refractivity contribution < 1.29 is 18.7 Å². The highest BCUT2D eigenvalue weighted by Crippen LogP contribution is 2.23. The summed E-state index contributed by atoms with van der Waals surface area (Å²) in [6.07, 6.45) is 0.813. The Morgan fingerprint density at radius 3 is 2.76 bits per heavy atom. The van der Waals surface area contributed by atoms with Crippen LogP contribution in [0.2, 0.25) is 0 Å². The Balaban J connectivity index is 2.10. The fourth-order valence-electron chi connectivity index (χ4n) is 1.88. The first-order valence-corrected chi connectivity index (χ1v) is 7.51. The monoisotopic (exact) mass is 307 g/mol. The van der Waals surface area contributed by atoms with Crippen molar-refractivity contribution in [3.63, 3.8) is 0 Å². The highest BCUT2D eigenvalue weighted by Gasteiger charge is 2.22. The summed E-state index contributed by atoms with van der Waals surface area (Å²) in [5, 5.41) is 4.71. The van der Waals surface area contributed by atoms with Crippen molar-refractivity contribution >= 4 is 23.2 Å². The van der Waals surface area contributed by atoms with Crippen molar-refractivity contribution in [2.24, 2.45) is 0 Å². The molecule has 1 amide bonds. The van der Waals surface area contributed by atoms with E-state index in [1.165, 1.54) is 18.4 Å². The van der Waals surface area contributed by atoms with Crippen molar-refractivity contribution in [3.8, 4) is 0 Å². The number of hydrogen-bond donors (Lipinski definition) is 1. The molecule has 0 saturated carbocycles. The molecule has 0 fully saturated rings. The second kappa shape index (κ2) is 7.08. The maximum atomic E-state index is 12.2. The number of thiophene rings is 1. The van der Waals surface area contributed by atoms with E-state index in [4.69, 9.17) is 4.42 Å². The van der Waals surface area contributed by atoms with Crippen LogP contribution in [0.4, 0.5) is 0 Å². The summed E-state index contributed by atoms with van der Waals surface area (Å²) in [6, 6.07) is 6.74. The van der Waals surface area contributed by atoms with E-state index < -0.39 is 6.04 Å². The third kappa shape index (κ3) is 3.95. The first-order chi connectivity index (χ1) is 10.1. The average molecular weight is 307 g/mol. The molecule has 2 aromatic heterocycles. The predicted octanol–water partition coefficient (Wildman–Crippen LogP) is 2.94. The summed E-state index contributed by atoms with van der Waals surface area (Å²) < 4.78 is 10.1. The highest BCUT2D eigenvalue weighted by atomic mass is 32.1. The lowest BCUT2D eigenvalue weighted by molar-refractivity contribution is -0.141. The summed E-state index contributed by atoms with van der Waals surface area (Å²) in [5.74, 6) is 0.290. The lowest BCUT2D eigenvalue weighted by Gasteiger charge is -2.15. The van der Waals surface area contributed by atoms with Gasteiger partial charge in [-0.05, 0) is 23.6 Å². The minimum absolute atomic E-state index is 0.0874. The Morgan fingerprint density at radius 1 is 1.38 bits per heavy atom. The number of methoxy groups -OCH3 is 1. The third-order valence-corrected chi connectivity index (χ3v) is 4.01. The first-order valence-electron chi connectivity index (χ1n) is 6.63. The summed E-state index contributed by atoms with van der Waals surface area (Å²) in [7, 11) is 1.33. The Morgan fingerprint density at radius 2 is 2.19 bits per heavy atom. The van der Waals surface area contributed by atoms with Crippen LogP contribution in [0.1, 0.15) is 40.6 Å². The quantitative estimate of drug-likeness (QED) is 0.833. The van der Waals surface area contributed by atoms with Gasteiger partial charge in [-0.3, -0.25) is 9.59 Å². The molecule has 1 unspecified atom stereocenters. The van der Waals surface area contributed by atoms with E-state index in [1.54, 1.807) is 12.1 Å². The molecule has 1 N–H and O–H groups in total. The van der Waals surface area contributed by atoms with Crippen molar-refractivity contribution in [3.05, 3.63) is 46.0 Å². The van der Waals surface area contributed by atoms with Crippen LogP contribution in [0.25, 0.3) is 0 Å². The van der Waals surface area contributed by atoms with Gasteiger partial charge in [0.2, 0.25) is 0 Å². The van der Waals surface area contributed by atoms with Gasteiger partial charge in [0.05, 0.1) is 19.6 Å². The number of esters is 1. The van der Waals surface area contributed by atoms with Gasteiger partial charge in [-0.1, -0.05) is 13.0 Å². The predicted molar refractivity (Wildman–Crippen MR) is 79.2 cm³/mol. The Kier molecular flexibility index (Phi) is 5.16. The van der Waals surface area contributed by atoms with Crippen LogP contribution < -0.4 is 5.32 Å². The van der Waals surface area contributed by atoms with Gasteiger partial charge in [-0.15, -0.1) is 11.3 Å². The van der Waals surface area contributed by atoms with Crippen LogP contribution in [0, 0.1) is 0 Å². The minimum atomic E-state index is -0.417. The minimum Gasteiger partial charge on any atom is -0.469 e. The third-order valence-electron chi connectivity index (χ3n) is 3.02. The highest BCUT2D eigenvalue weighted by molar-refractivity contribution is 7.10. The normalized spacial score (nSPS) is 11.9. The number of aryl methyl sites for hydroxylation is 1. The van der Waals surface area contributed by atoms with Crippen LogP contribution in [0.15, 0.2) is 34.1 Å². The molecule has 0 spiro atoms. The van der Waals surface area contributed by atoms with Gasteiger partial charge in [0.1, 0.15) is 5.76 Å². The summed E-state index contributed by atoms with van der Waals surface area (Å²) in [5.41, 5.74) is 0. The van der Waals surface area contributed by atoms with Gasteiger partial charge >= 0.3 is 5.97 Å². The molecule has 112 valence electrons. The lowest BCUT2D eigenvalue weighted by Crippen LogP contribution is -2.29. The standard InChI is InChI=1S/C15H17NO4S/c1-3-10-6-7-12(20-10)15(18)16-11(9-14(17)19-2)13-5-4-8-21-13/h4-8,11H,3,9H2,1-2H3,(H,16,18). The Hall–Kier alpha value is -2.08. The van der Waals surface area contributed by atoms with Gasteiger partial charge in [-0.2, -0.15) is 0 Å². The lowest BCUT2D eigenvalue weighted by atomic mass is 10.1. The molecule has 0 aliphatic heterocycles. The maximum Gasteiger partial charge on any atom is 0.307 e. The van der Waals surface area contributed by atoms with Crippen LogP contribution in [0.5, 0.6) is 0 Å². The number of rotatable bonds is 6. The molecule has 0 aliphatic rings. The number of amides is 1. The molecule has 5 nitrogen and oxygen atoms in total. The zero-order valence-electron chi connectivity index (χ0n) is 11.9. The largest absolute Gasteiger partial charge is 0.469 e. The molecular formula is C15H17NO4S. The summed E-state index contributed by atoms with van der Waals surface area (Å²) in [6.45, 7) is 1.95. The van der Waals surface area contributed by atoms with E-state index in [9.17, 15) is 9.59 Å². The number of nitrogens with one attached hydrogen (secondary N) is 1. The molecule has 1 atom stereocenters. The fraction of sp³-hybridized carbons (Fsp3) is 0.333. The second-order valence-electron chi connectivity index (χ2n) is 4.44. The number of carbonyl (C=O) groups excluding carboxylic acids is 2. The molecule has 21 heavy (non-hydrogen) atoms. The van der Waals surface area contributed by atoms with E-state index in [2.05, 4.69) is 10.1 Å². The molecule has 6 heteroatoms. The number of carbonyl (C=O) groups is 2. The van der Waals surface area contributed by atoms with E-state index in [-0.39, 0.29) is 24.1 Å². The summed E-state index contributed by atoms with van der Waals surface area (Å²) in [4.78, 5) is 24.6. The van der Waals surface area contributed by atoms with Crippen molar-refractivity contribution in [1.29, 1.82) is 0 Å². The van der Waals surface area contributed by atoms with Crippen LogP contribution in [-0.4, -0.2) is 19.0 Å². The Labute approximate surface area is 126 Å². The topological polar surface area (TPSA) is 68.5 Å². The van der Waals surface area contributed by atoms with Crippen LogP contribution in [0.3, 0.4) is 0 Å². The molecule has 0 radical (unpaired) electrons. The SMILES string of the molecule is CCc1ccc(C(=O)NC(CC(=O)OC)c2cccs2)o1.